The molecule has 1 fully saturated rings. The molecule has 0 saturated carbocycles. The highest BCUT2D eigenvalue weighted by atomic mass is 32.2. The summed E-state index contributed by atoms with van der Waals surface area (Å²) in [6, 6.07) is 14.8. The lowest BCUT2D eigenvalue weighted by Crippen LogP contribution is -2.40. The van der Waals surface area contributed by atoms with E-state index >= 15 is 0 Å². The second-order valence-electron chi connectivity index (χ2n) is 7.90. The summed E-state index contributed by atoms with van der Waals surface area (Å²) < 4.78 is 30.8. The smallest absolute Gasteiger partial charge is 0.241 e. The maximum absolute atomic E-state index is 12.5. The summed E-state index contributed by atoms with van der Waals surface area (Å²) in [5.74, 6) is 0.159. The van der Waals surface area contributed by atoms with Gasteiger partial charge in [-0.2, -0.15) is 0 Å². The van der Waals surface area contributed by atoms with Crippen LogP contribution in [0.2, 0.25) is 0 Å². The molecule has 1 N–H and O–H groups in total. The van der Waals surface area contributed by atoms with Gasteiger partial charge in [-0.3, -0.25) is 14.0 Å². The van der Waals surface area contributed by atoms with Gasteiger partial charge in [-0.15, -0.1) is 0 Å². The normalized spacial score (nSPS) is 14.8. The molecule has 0 bridgehead atoms. The Balaban J connectivity index is 1.60. The molecule has 8 heteroatoms. The molecule has 2 aromatic rings. The third-order valence-corrected chi connectivity index (χ3v) is 6.51. The van der Waals surface area contributed by atoms with Crippen molar-refractivity contribution in [3.63, 3.8) is 0 Å². The second-order valence-corrected chi connectivity index (χ2v) is 9.81. The first-order valence-electron chi connectivity index (χ1n) is 10.5. The van der Waals surface area contributed by atoms with E-state index in [9.17, 15) is 13.2 Å². The lowest BCUT2D eigenvalue weighted by atomic mass is 10.1. The van der Waals surface area contributed by atoms with Crippen LogP contribution >= 0.6 is 0 Å². The number of benzene rings is 2. The van der Waals surface area contributed by atoms with Crippen molar-refractivity contribution in [2.75, 3.05) is 37.3 Å². The number of rotatable bonds is 9. The van der Waals surface area contributed by atoms with E-state index in [1.54, 1.807) is 24.3 Å². The quantitative estimate of drug-likeness (QED) is 0.642. The number of amides is 1. The maximum Gasteiger partial charge on any atom is 0.241 e. The van der Waals surface area contributed by atoms with E-state index in [-0.39, 0.29) is 12.5 Å². The summed E-state index contributed by atoms with van der Waals surface area (Å²) in [5.41, 5.74) is 2.61. The molecular weight excluding hydrogens is 414 g/mol. The summed E-state index contributed by atoms with van der Waals surface area (Å²) in [5, 5.41) is 2.84. The zero-order valence-electron chi connectivity index (χ0n) is 18.2. The SMILES string of the molecule is COc1cccc(N(CC(=O)NCc2cccc(CN3CCCCC3)c2)S(C)(=O)=O)c1. The molecule has 168 valence electrons. The van der Waals surface area contributed by atoms with Gasteiger partial charge >= 0.3 is 0 Å². The summed E-state index contributed by atoms with van der Waals surface area (Å²) in [6.45, 7) is 3.24. The molecule has 3 rings (SSSR count). The fourth-order valence-electron chi connectivity index (χ4n) is 3.77. The highest BCUT2D eigenvalue weighted by Gasteiger charge is 2.21. The van der Waals surface area contributed by atoms with Crippen molar-refractivity contribution in [2.45, 2.75) is 32.4 Å². The van der Waals surface area contributed by atoms with Gasteiger partial charge in [-0.05, 0) is 49.2 Å². The number of hydrogen-bond donors (Lipinski definition) is 1. The van der Waals surface area contributed by atoms with E-state index in [0.29, 0.717) is 18.0 Å². The van der Waals surface area contributed by atoms with E-state index in [4.69, 9.17) is 4.74 Å². The van der Waals surface area contributed by atoms with Crippen LogP contribution in [0.3, 0.4) is 0 Å². The van der Waals surface area contributed by atoms with E-state index < -0.39 is 10.0 Å². The molecular formula is C23H31N3O4S. The average molecular weight is 446 g/mol. The molecule has 1 saturated heterocycles. The minimum Gasteiger partial charge on any atom is -0.497 e. The van der Waals surface area contributed by atoms with Crippen LogP contribution in [0.25, 0.3) is 0 Å². The molecule has 1 aliphatic heterocycles. The number of methoxy groups -OCH3 is 1. The summed E-state index contributed by atoms with van der Waals surface area (Å²) in [7, 11) is -2.12. The van der Waals surface area contributed by atoms with Crippen molar-refractivity contribution in [1.29, 1.82) is 0 Å². The number of anilines is 1. The Bertz CT molecular complexity index is 988. The zero-order chi connectivity index (χ0) is 22.3. The Morgan fingerprint density at radius 3 is 2.48 bits per heavy atom. The molecule has 1 amide bonds. The van der Waals surface area contributed by atoms with Gasteiger partial charge in [0, 0.05) is 19.2 Å². The zero-order valence-corrected chi connectivity index (χ0v) is 19.0. The van der Waals surface area contributed by atoms with Gasteiger partial charge in [0.05, 0.1) is 19.1 Å². The van der Waals surface area contributed by atoms with Crippen molar-refractivity contribution in [3.05, 3.63) is 59.7 Å². The third kappa shape index (κ3) is 6.97. The van der Waals surface area contributed by atoms with E-state index in [0.717, 1.165) is 35.8 Å². The van der Waals surface area contributed by atoms with Gasteiger partial charge in [0.25, 0.3) is 0 Å². The summed E-state index contributed by atoms with van der Waals surface area (Å²) in [6.07, 6.45) is 4.90. The van der Waals surface area contributed by atoms with Crippen LogP contribution in [0, 0.1) is 0 Å². The molecule has 2 aromatic carbocycles. The van der Waals surface area contributed by atoms with Crippen molar-refractivity contribution in [2.24, 2.45) is 0 Å². The van der Waals surface area contributed by atoms with Crippen molar-refractivity contribution in [3.8, 4) is 5.75 Å². The monoisotopic (exact) mass is 445 g/mol. The maximum atomic E-state index is 12.5. The number of piperidine rings is 1. The Kier molecular flexibility index (Phi) is 7.92. The number of likely N-dealkylation sites (tertiary alicyclic amines) is 1. The van der Waals surface area contributed by atoms with Crippen molar-refractivity contribution >= 4 is 21.6 Å². The first-order valence-corrected chi connectivity index (χ1v) is 12.4. The Hall–Kier alpha value is -2.58. The molecule has 0 radical (unpaired) electrons. The molecule has 31 heavy (non-hydrogen) atoms. The standard InChI is InChI=1S/C23H31N3O4S/c1-30-22-11-7-10-21(15-22)26(31(2,28)29)18-23(27)24-16-19-8-6-9-20(14-19)17-25-12-4-3-5-13-25/h6-11,14-15H,3-5,12-13,16-18H2,1-2H3,(H,24,27). The van der Waals surface area contributed by atoms with E-state index in [1.807, 2.05) is 12.1 Å². The molecule has 1 heterocycles. The molecule has 0 aliphatic carbocycles. The highest BCUT2D eigenvalue weighted by Crippen LogP contribution is 2.23. The van der Waals surface area contributed by atoms with Gasteiger partial charge in [0.2, 0.25) is 15.9 Å². The fourth-order valence-corrected chi connectivity index (χ4v) is 4.61. The number of ether oxygens (including phenoxy) is 1. The van der Waals surface area contributed by atoms with Gasteiger partial charge in [0.15, 0.2) is 0 Å². The minimum absolute atomic E-state index is 0.292. The topological polar surface area (TPSA) is 79.0 Å². The second kappa shape index (κ2) is 10.6. The predicted octanol–water partition coefficient (Wildman–Crippen LogP) is 2.76. The predicted molar refractivity (Wildman–Crippen MR) is 123 cm³/mol. The van der Waals surface area contributed by atoms with Crippen LogP contribution in [-0.4, -0.2) is 52.2 Å². The molecule has 0 aromatic heterocycles. The lowest BCUT2D eigenvalue weighted by Gasteiger charge is -2.26. The van der Waals surface area contributed by atoms with Gasteiger partial charge < -0.3 is 10.1 Å². The Labute approximate surface area is 185 Å². The largest absolute Gasteiger partial charge is 0.497 e. The molecule has 7 nitrogen and oxygen atoms in total. The number of carbonyl (C=O) groups is 1. The van der Waals surface area contributed by atoms with Crippen LogP contribution in [0.1, 0.15) is 30.4 Å². The van der Waals surface area contributed by atoms with Crippen molar-refractivity contribution in [1.82, 2.24) is 10.2 Å². The molecule has 0 spiro atoms. The Morgan fingerprint density at radius 2 is 1.77 bits per heavy atom. The van der Waals surface area contributed by atoms with Crippen LogP contribution in [0.5, 0.6) is 5.75 Å². The van der Waals surface area contributed by atoms with E-state index in [1.165, 1.54) is 31.9 Å². The van der Waals surface area contributed by atoms with Crippen molar-refractivity contribution < 1.29 is 17.9 Å². The lowest BCUT2D eigenvalue weighted by molar-refractivity contribution is -0.119. The number of nitrogens with zero attached hydrogens (tertiary/aromatic N) is 2. The first kappa shape index (κ1) is 23.1. The average Bonchev–Trinajstić information content (AvgIpc) is 2.76. The minimum atomic E-state index is -3.63. The molecule has 0 atom stereocenters. The summed E-state index contributed by atoms with van der Waals surface area (Å²) >= 11 is 0. The van der Waals surface area contributed by atoms with Crippen LogP contribution in [0.4, 0.5) is 5.69 Å². The number of sulfonamides is 1. The number of nitrogens with one attached hydrogen (secondary N) is 1. The fraction of sp³-hybridized carbons (Fsp3) is 0.435. The summed E-state index contributed by atoms with van der Waals surface area (Å²) in [4.78, 5) is 15.0. The number of carbonyl (C=O) groups excluding carboxylic acids is 1. The van der Waals surface area contributed by atoms with Crippen LogP contribution in [-0.2, 0) is 27.9 Å². The van der Waals surface area contributed by atoms with Gasteiger partial charge in [-0.25, -0.2) is 8.42 Å². The first-order chi connectivity index (χ1) is 14.8. The highest BCUT2D eigenvalue weighted by molar-refractivity contribution is 7.92. The molecule has 1 aliphatic rings. The van der Waals surface area contributed by atoms with E-state index in [2.05, 4.69) is 22.3 Å². The van der Waals surface area contributed by atoms with Gasteiger partial charge in [0.1, 0.15) is 12.3 Å². The Morgan fingerprint density at radius 1 is 1.06 bits per heavy atom. The van der Waals surface area contributed by atoms with Crippen LogP contribution in [0.15, 0.2) is 48.5 Å². The number of hydrogen-bond acceptors (Lipinski definition) is 5. The third-order valence-electron chi connectivity index (χ3n) is 5.36. The molecule has 0 unspecified atom stereocenters. The van der Waals surface area contributed by atoms with Gasteiger partial charge in [-0.1, -0.05) is 36.8 Å². The van der Waals surface area contributed by atoms with Crippen LogP contribution < -0.4 is 14.4 Å².